The van der Waals surface area contributed by atoms with Crippen molar-refractivity contribution in [2.45, 2.75) is 32.2 Å². The number of piperidine rings is 2. The Morgan fingerprint density at radius 3 is 2.48 bits per heavy atom. The van der Waals surface area contributed by atoms with Gasteiger partial charge < -0.3 is 4.90 Å². The number of hydrogen-bond acceptors (Lipinski definition) is 5. The van der Waals surface area contributed by atoms with Crippen molar-refractivity contribution >= 4 is 17.2 Å². The maximum atomic E-state index is 12.4. The first kappa shape index (κ1) is 16.7. The summed E-state index contributed by atoms with van der Waals surface area (Å²) in [6.07, 6.45) is 6.59. The highest BCUT2D eigenvalue weighted by molar-refractivity contribution is 7.07. The van der Waals surface area contributed by atoms with Gasteiger partial charge in [-0.05, 0) is 56.3 Å². The molecule has 0 aliphatic carbocycles. The summed E-state index contributed by atoms with van der Waals surface area (Å²) < 4.78 is 0. The predicted octanol–water partition coefficient (Wildman–Crippen LogP) is 3.06. The number of rotatable bonds is 3. The lowest BCUT2D eigenvalue weighted by Gasteiger charge is -2.46. The second kappa shape index (κ2) is 7.22. The lowest BCUT2D eigenvalue weighted by Crippen LogP contribution is -2.48. The van der Waals surface area contributed by atoms with Crippen molar-refractivity contribution in [1.29, 1.82) is 0 Å². The van der Waals surface area contributed by atoms with Gasteiger partial charge in [-0.2, -0.15) is 0 Å². The Kier molecular flexibility index (Phi) is 4.81. The number of likely N-dealkylation sites (tertiary alicyclic amines) is 2. The molecule has 0 unspecified atom stereocenters. The molecular weight excluding hydrogens is 332 g/mol. The third kappa shape index (κ3) is 3.75. The molecule has 1 spiro atoms. The van der Waals surface area contributed by atoms with Gasteiger partial charge in [-0.1, -0.05) is 6.07 Å². The normalized spacial score (nSPS) is 20.7. The number of thiazole rings is 1. The Hall–Kier alpha value is -1.79. The lowest BCUT2D eigenvalue weighted by molar-refractivity contribution is 0.0280. The molecule has 25 heavy (non-hydrogen) atoms. The van der Waals surface area contributed by atoms with E-state index in [2.05, 4.69) is 27.0 Å². The fourth-order valence-corrected chi connectivity index (χ4v) is 4.60. The second-order valence-corrected chi connectivity index (χ2v) is 7.98. The molecule has 0 saturated carbocycles. The first-order valence-corrected chi connectivity index (χ1v) is 9.98. The Bertz CT molecular complexity index is 685. The van der Waals surface area contributed by atoms with Gasteiger partial charge in [-0.3, -0.25) is 14.7 Å². The molecule has 6 heteroatoms. The molecule has 2 aliphatic rings. The molecule has 0 radical (unpaired) electrons. The summed E-state index contributed by atoms with van der Waals surface area (Å²) in [4.78, 5) is 25.5. The second-order valence-electron chi connectivity index (χ2n) is 7.26. The molecule has 5 nitrogen and oxygen atoms in total. The number of hydrogen-bond donors (Lipinski definition) is 0. The summed E-state index contributed by atoms with van der Waals surface area (Å²) >= 11 is 1.49. The number of nitrogens with zero attached hydrogens (tertiary/aromatic N) is 4. The third-order valence-electron chi connectivity index (χ3n) is 5.79. The topological polar surface area (TPSA) is 49.3 Å². The molecule has 0 atom stereocenters. The highest BCUT2D eigenvalue weighted by Crippen LogP contribution is 2.41. The quantitative estimate of drug-likeness (QED) is 0.848. The maximum Gasteiger partial charge on any atom is 0.273 e. The van der Waals surface area contributed by atoms with E-state index >= 15 is 0 Å². The van der Waals surface area contributed by atoms with E-state index in [-0.39, 0.29) is 5.91 Å². The van der Waals surface area contributed by atoms with E-state index in [0.29, 0.717) is 11.1 Å². The van der Waals surface area contributed by atoms with E-state index in [9.17, 15) is 4.79 Å². The largest absolute Gasteiger partial charge is 0.337 e. The number of carbonyl (C=O) groups is 1. The molecule has 2 aliphatic heterocycles. The van der Waals surface area contributed by atoms with Crippen LogP contribution in [0.5, 0.6) is 0 Å². The summed E-state index contributed by atoms with van der Waals surface area (Å²) in [5.41, 5.74) is 3.92. The monoisotopic (exact) mass is 356 g/mol. The lowest BCUT2D eigenvalue weighted by atomic mass is 9.71. The van der Waals surface area contributed by atoms with E-state index in [1.165, 1.54) is 24.2 Å². The minimum Gasteiger partial charge on any atom is -0.337 e. The van der Waals surface area contributed by atoms with Crippen molar-refractivity contribution in [2.24, 2.45) is 5.41 Å². The number of aromatic nitrogens is 2. The van der Waals surface area contributed by atoms with Crippen molar-refractivity contribution in [3.63, 3.8) is 0 Å². The molecular formula is C19H24N4OS. The Balaban J connectivity index is 1.29. The average Bonchev–Trinajstić information content (AvgIpc) is 3.20. The summed E-state index contributed by atoms with van der Waals surface area (Å²) in [5, 5.41) is 1.85. The van der Waals surface area contributed by atoms with Gasteiger partial charge in [-0.15, -0.1) is 11.3 Å². The van der Waals surface area contributed by atoms with Crippen LogP contribution < -0.4 is 0 Å². The van der Waals surface area contributed by atoms with Crippen molar-refractivity contribution < 1.29 is 4.79 Å². The summed E-state index contributed by atoms with van der Waals surface area (Å²) in [7, 11) is 0. The summed E-state index contributed by atoms with van der Waals surface area (Å²) in [6, 6.07) is 6.13. The van der Waals surface area contributed by atoms with Crippen LogP contribution in [-0.2, 0) is 6.54 Å². The van der Waals surface area contributed by atoms with E-state index in [1.54, 1.807) is 5.51 Å². The van der Waals surface area contributed by atoms with Gasteiger partial charge in [0.15, 0.2) is 0 Å². The van der Waals surface area contributed by atoms with Crippen LogP contribution in [0.15, 0.2) is 35.3 Å². The minimum atomic E-state index is 0.101. The first-order chi connectivity index (χ1) is 12.2. The molecule has 0 N–H and O–H groups in total. The highest BCUT2D eigenvalue weighted by Gasteiger charge is 2.38. The van der Waals surface area contributed by atoms with Gasteiger partial charge >= 0.3 is 0 Å². The van der Waals surface area contributed by atoms with Gasteiger partial charge in [-0.25, -0.2) is 4.98 Å². The zero-order valence-corrected chi connectivity index (χ0v) is 15.2. The molecule has 132 valence electrons. The predicted molar refractivity (Wildman–Crippen MR) is 98.4 cm³/mol. The van der Waals surface area contributed by atoms with Crippen LogP contribution in [0.1, 0.15) is 41.9 Å². The van der Waals surface area contributed by atoms with Crippen molar-refractivity contribution in [3.8, 4) is 0 Å². The molecule has 2 aromatic rings. The smallest absolute Gasteiger partial charge is 0.273 e. The first-order valence-electron chi connectivity index (χ1n) is 9.04. The third-order valence-corrected chi connectivity index (χ3v) is 6.38. The van der Waals surface area contributed by atoms with Gasteiger partial charge in [0.1, 0.15) is 5.69 Å². The SMILES string of the molecule is O=C(c1cscn1)N1CCC2(CCN(Cc3ccccn3)CC2)CC1. The molecule has 0 bridgehead atoms. The zero-order chi connectivity index (χ0) is 17.1. The Morgan fingerprint density at radius 2 is 1.84 bits per heavy atom. The van der Waals surface area contributed by atoms with E-state index < -0.39 is 0 Å². The van der Waals surface area contributed by atoms with Crippen molar-refractivity contribution in [2.75, 3.05) is 26.2 Å². The number of amides is 1. The van der Waals surface area contributed by atoms with Crippen LogP contribution in [-0.4, -0.2) is 51.9 Å². The number of pyridine rings is 1. The minimum absolute atomic E-state index is 0.101. The van der Waals surface area contributed by atoms with Gasteiger partial charge in [0.25, 0.3) is 5.91 Å². The van der Waals surface area contributed by atoms with Crippen LogP contribution in [0.2, 0.25) is 0 Å². The van der Waals surface area contributed by atoms with Crippen LogP contribution >= 0.6 is 11.3 Å². The van der Waals surface area contributed by atoms with Crippen molar-refractivity contribution in [3.05, 3.63) is 46.7 Å². The molecule has 0 aromatic carbocycles. The Morgan fingerprint density at radius 1 is 1.08 bits per heavy atom. The van der Waals surface area contributed by atoms with Crippen LogP contribution in [0.3, 0.4) is 0 Å². The molecule has 2 aromatic heterocycles. The fraction of sp³-hybridized carbons (Fsp3) is 0.526. The molecule has 4 rings (SSSR count). The van der Waals surface area contributed by atoms with Crippen molar-refractivity contribution in [1.82, 2.24) is 19.8 Å². The molecule has 2 saturated heterocycles. The summed E-state index contributed by atoms with van der Waals surface area (Å²) in [5.74, 6) is 0.101. The fourth-order valence-electron chi connectivity index (χ4n) is 4.07. The molecule has 4 heterocycles. The van der Waals surface area contributed by atoms with E-state index in [1.807, 2.05) is 22.5 Å². The van der Waals surface area contributed by atoms with Crippen LogP contribution in [0, 0.1) is 5.41 Å². The van der Waals surface area contributed by atoms with Crippen LogP contribution in [0.25, 0.3) is 0 Å². The zero-order valence-electron chi connectivity index (χ0n) is 14.4. The Labute approximate surface area is 152 Å². The van der Waals surface area contributed by atoms with Gasteiger partial charge in [0, 0.05) is 31.2 Å². The molecule has 1 amide bonds. The standard InChI is InChI=1S/C19H24N4OS/c24-18(17-14-25-15-21-17)23-11-6-19(7-12-23)4-9-22(10-5-19)13-16-3-1-2-8-20-16/h1-3,8,14-15H,4-7,9-13H2. The van der Waals surface area contributed by atoms with E-state index in [0.717, 1.165) is 51.3 Å². The maximum absolute atomic E-state index is 12.4. The highest BCUT2D eigenvalue weighted by atomic mass is 32.1. The average molecular weight is 356 g/mol. The van der Waals surface area contributed by atoms with Gasteiger partial charge in [0.2, 0.25) is 0 Å². The molecule has 2 fully saturated rings. The van der Waals surface area contributed by atoms with Crippen LogP contribution in [0.4, 0.5) is 0 Å². The van der Waals surface area contributed by atoms with E-state index in [4.69, 9.17) is 0 Å². The van der Waals surface area contributed by atoms with Gasteiger partial charge in [0.05, 0.1) is 11.2 Å². The summed E-state index contributed by atoms with van der Waals surface area (Å²) in [6.45, 7) is 4.96. The number of carbonyl (C=O) groups excluding carboxylic acids is 1.